The number of fused-ring (bicyclic) bond motifs is 10. The SMILES string of the molecule is CC(C)(C)c1ccc(-c2c3ccccc3c(-c3ccc(-n4c5ccccc5c5cc(-c6cccc(-c7ccccc7)c6)ccc54)cc3)c3ccccc23)cc1.FC(F)(F)c1ccc(-c2c3ccccc3c(-c3ccc(-n4c5ccccc5c5cc(-c6cccc(-c7ccccc7)c6)ccc54)cc3)c3ccccc23)cc1. The van der Waals surface area contributed by atoms with Gasteiger partial charge in [-0.15, -0.1) is 0 Å². The number of rotatable bonds is 10. The molecule has 0 radical (unpaired) electrons. The van der Waals surface area contributed by atoms with Crippen molar-refractivity contribution < 1.29 is 13.2 Å². The van der Waals surface area contributed by atoms with E-state index in [2.05, 4.69) is 364 Å². The monoisotopic (exact) mass is 1420 g/mol. The number of benzene rings is 18. The molecular weight excluding hydrogens is 1350 g/mol. The van der Waals surface area contributed by atoms with E-state index in [4.69, 9.17) is 0 Å². The lowest BCUT2D eigenvalue weighted by molar-refractivity contribution is -0.137. The smallest absolute Gasteiger partial charge is 0.309 e. The Morgan fingerprint density at radius 3 is 0.727 bits per heavy atom. The van der Waals surface area contributed by atoms with Gasteiger partial charge in [0.15, 0.2) is 0 Å². The minimum Gasteiger partial charge on any atom is -0.309 e. The van der Waals surface area contributed by atoms with Crippen LogP contribution in [0, 0.1) is 0 Å². The summed E-state index contributed by atoms with van der Waals surface area (Å²) < 4.78 is 45.2. The molecule has 0 saturated heterocycles. The molecule has 0 unspecified atom stereocenters. The van der Waals surface area contributed by atoms with Crippen LogP contribution < -0.4 is 0 Å². The van der Waals surface area contributed by atoms with Crippen molar-refractivity contribution in [1.82, 2.24) is 9.13 Å². The average Bonchev–Trinajstić information content (AvgIpc) is 1.20. The zero-order valence-corrected chi connectivity index (χ0v) is 61.0. The largest absolute Gasteiger partial charge is 0.416 e. The number of hydrogen-bond donors (Lipinski definition) is 0. The summed E-state index contributed by atoms with van der Waals surface area (Å²) in [5.41, 5.74) is 26.2. The lowest BCUT2D eigenvalue weighted by Gasteiger charge is -2.21. The molecule has 110 heavy (non-hydrogen) atoms. The zero-order valence-electron chi connectivity index (χ0n) is 61.0. The van der Waals surface area contributed by atoms with Crippen molar-refractivity contribution in [2.45, 2.75) is 32.4 Å². The van der Waals surface area contributed by atoms with Crippen LogP contribution >= 0.6 is 0 Å². The van der Waals surface area contributed by atoms with Crippen molar-refractivity contribution in [3.8, 4) is 100 Å². The normalized spacial score (nSPS) is 11.9. The van der Waals surface area contributed by atoms with Gasteiger partial charge in [-0.05, 0) is 228 Å². The Morgan fingerprint density at radius 2 is 0.418 bits per heavy atom. The maximum Gasteiger partial charge on any atom is 0.416 e. The highest BCUT2D eigenvalue weighted by molar-refractivity contribution is 6.23. The van der Waals surface area contributed by atoms with Gasteiger partial charge in [-0.2, -0.15) is 13.2 Å². The summed E-state index contributed by atoms with van der Waals surface area (Å²) in [5, 5.41) is 14.1. The highest BCUT2D eigenvalue weighted by Crippen LogP contribution is 2.48. The standard InChI is InChI=1S/C54H41N.C51H32F3N/c1-54(2,3)42-29-24-37(25-30-42)52-45-19-7-9-21-47(45)53(48-22-10-8-20-46(48)52)38-26-31-43(32-27-38)55-50-23-12-11-18-44(50)49-35-41(28-33-51(49)55)40-17-13-16-39(34-40)36-14-5-4-6-15-36;52-51(53,54)39-26-21-34(22-27-39)49-42-16-4-6-18-44(42)50(45-19-7-5-17-43(45)49)35-23-28-40(29-24-35)55-47-20-9-8-15-41(47)46-32-38(25-30-48(46)55)37-14-10-13-36(31-37)33-11-2-1-3-12-33/h4-35H,1-3H3;1-32H. The number of aromatic nitrogens is 2. The molecule has 0 aliphatic heterocycles. The first-order valence-corrected chi connectivity index (χ1v) is 37.6. The van der Waals surface area contributed by atoms with E-state index < -0.39 is 11.7 Å². The third-order valence-electron chi connectivity index (χ3n) is 22.2. The molecule has 18 aromatic carbocycles. The van der Waals surface area contributed by atoms with Gasteiger partial charge in [0.1, 0.15) is 0 Å². The number of alkyl halides is 3. The molecular formula is C105H73F3N2. The topological polar surface area (TPSA) is 9.86 Å². The molecule has 0 spiro atoms. The molecule has 5 heteroatoms. The van der Waals surface area contributed by atoms with E-state index in [1.165, 1.54) is 139 Å². The van der Waals surface area contributed by atoms with Gasteiger partial charge < -0.3 is 9.13 Å². The molecule has 0 bridgehead atoms. The molecule has 2 nitrogen and oxygen atoms in total. The van der Waals surface area contributed by atoms with Crippen LogP contribution in [0.25, 0.3) is 187 Å². The fourth-order valence-electron chi connectivity index (χ4n) is 16.9. The molecule has 0 saturated carbocycles. The van der Waals surface area contributed by atoms with E-state index in [1.54, 1.807) is 12.1 Å². The van der Waals surface area contributed by atoms with Crippen molar-refractivity contribution in [2.75, 3.05) is 0 Å². The van der Waals surface area contributed by atoms with Crippen LogP contribution in [0.5, 0.6) is 0 Å². The Hall–Kier alpha value is -13.6. The van der Waals surface area contributed by atoms with E-state index >= 15 is 0 Å². The molecule has 20 aromatic rings. The quantitative estimate of drug-likeness (QED) is 0.121. The second kappa shape index (κ2) is 27.3. The van der Waals surface area contributed by atoms with Gasteiger partial charge in [-0.1, -0.05) is 324 Å². The third kappa shape index (κ3) is 12.0. The molecule has 524 valence electrons. The highest BCUT2D eigenvalue weighted by Gasteiger charge is 2.31. The summed E-state index contributed by atoms with van der Waals surface area (Å²) in [6, 6.07) is 137. The summed E-state index contributed by atoms with van der Waals surface area (Å²) in [5.74, 6) is 0. The molecule has 20 rings (SSSR count). The van der Waals surface area contributed by atoms with Crippen LogP contribution in [-0.4, -0.2) is 9.13 Å². The van der Waals surface area contributed by atoms with Gasteiger partial charge in [0.25, 0.3) is 0 Å². The van der Waals surface area contributed by atoms with Gasteiger partial charge in [-0.25, -0.2) is 0 Å². The van der Waals surface area contributed by atoms with Crippen molar-refractivity contribution in [2.24, 2.45) is 0 Å². The molecule has 2 aromatic heterocycles. The molecule has 0 aliphatic rings. The second-order valence-electron chi connectivity index (χ2n) is 29.7. The molecule has 0 N–H and O–H groups in total. The van der Waals surface area contributed by atoms with Crippen LogP contribution in [0.15, 0.2) is 388 Å². The van der Waals surface area contributed by atoms with Crippen molar-refractivity contribution in [1.29, 1.82) is 0 Å². The summed E-state index contributed by atoms with van der Waals surface area (Å²) in [6.07, 6.45) is -4.39. The average molecular weight is 1420 g/mol. The van der Waals surface area contributed by atoms with E-state index in [9.17, 15) is 13.2 Å². The fourth-order valence-corrected chi connectivity index (χ4v) is 16.9. The van der Waals surface area contributed by atoms with Gasteiger partial charge in [0.2, 0.25) is 0 Å². The fraction of sp³-hybridized carbons (Fsp3) is 0.0476. The van der Waals surface area contributed by atoms with Crippen LogP contribution in [0.4, 0.5) is 13.2 Å². The number of para-hydroxylation sites is 2. The van der Waals surface area contributed by atoms with Crippen molar-refractivity contribution in [3.63, 3.8) is 0 Å². The van der Waals surface area contributed by atoms with Crippen molar-refractivity contribution in [3.05, 3.63) is 399 Å². The van der Waals surface area contributed by atoms with E-state index in [1.807, 2.05) is 30.3 Å². The Kier molecular flexibility index (Phi) is 16.6. The van der Waals surface area contributed by atoms with Gasteiger partial charge in [0, 0.05) is 32.9 Å². The van der Waals surface area contributed by atoms with Gasteiger partial charge in [-0.3, -0.25) is 0 Å². The lowest BCUT2D eigenvalue weighted by atomic mass is 9.83. The predicted molar refractivity (Wildman–Crippen MR) is 459 cm³/mol. The summed E-state index contributed by atoms with van der Waals surface area (Å²) in [4.78, 5) is 0. The van der Waals surface area contributed by atoms with Crippen LogP contribution in [-0.2, 0) is 11.6 Å². The van der Waals surface area contributed by atoms with Crippen LogP contribution in [0.1, 0.15) is 31.9 Å². The van der Waals surface area contributed by atoms with Crippen LogP contribution in [0.3, 0.4) is 0 Å². The molecule has 0 atom stereocenters. The Labute approximate surface area is 637 Å². The maximum absolute atomic E-state index is 13.5. The first-order valence-electron chi connectivity index (χ1n) is 37.6. The minimum atomic E-state index is -4.39. The second-order valence-corrected chi connectivity index (χ2v) is 29.7. The van der Waals surface area contributed by atoms with E-state index in [0.717, 1.165) is 66.2 Å². The summed E-state index contributed by atoms with van der Waals surface area (Å²) in [7, 11) is 0. The zero-order chi connectivity index (χ0) is 74.2. The third-order valence-corrected chi connectivity index (χ3v) is 22.2. The minimum absolute atomic E-state index is 0.107. The van der Waals surface area contributed by atoms with E-state index in [0.29, 0.717) is 0 Å². The molecule has 2 heterocycles. The number of hydrogen-bond acceptors (Lipinski definition) is 0. The maximum atomic E-state index is 13.5. The lowest BCUT2D eigenvalue weighted by Crippen LogP contribution is -2.10. The number of halogens is 3. The summed E-state index contributed by atoms with van der Waals surface area (Å²) in [6.45, 7) is 6.83. The Bertz CT molecular complexity index is 6390. The van der Waals surface area contributed by atoms with Gasteiger partial charge >= 0.3 is 6.18 Å². The van der Waals surface area contributed by atoms with E-state index in [-0.39, 0.29) is 5.41 Å². The molecule has 0 fully saturated rings. The van der Waals surface area contributed by atoms with Gasteiger partial charge in [0.05, 0.1) is 27.6 Å². The number of nitrogens with zero attached hydrogens (tertiary/aromatic N) is 2. The Balaban J connectivity index is 0.000000149. The Morgan fingerprint density at radius 1 is 0.182 bits per heavy atom. The summed E-state index contributed by atoms with van der Waals surface area (Å²) >= 11 is 0. The predicted octanol–water partition coefficient (Wildman–Crippen LogP) is 29.8. The first-order chi connectivity index (χ1) is 53.8. The molecule has 0 amide bonds. The van der Waals surface area contributed by atoms with Crippen LogP contribution in [0.2, 0.25) is 0 Å². The first kappa shape index (κ1) is 67.0. The molecule has 0 aliphatic carbocycles. The highest BCUT2D eigenvalue weighted by atomic mass is 19.4. The van der Waals surface area contributed by atoms with Crippen molar-refractivity contribution >= 4 is 86.7 Å².